The largest absolute Gasteiger partial charge is 0.497 e. The summed E-state index contributed by atoms with van der Waals surface area (Å²) in [5.74, 6) is 1.31. The number of nitrogens with zero attached hydrogens (tertiary/aromatic N) is 1. The normalized spacial score (nSPS) is 11.1. The van der Waals surface area contributed by atoms with Gasteiger partial charge in [-0.05, 0) is 43.4 Å². The number of amides is 1. The van der Waals surface area contributed by atoms with Gasteiger partial charge in [-0.2, -0.15) is 0 Å². The number of ether oxygens (including phenoxy) is 2. The summed E-state index contributed by atoms with van der Waals surface area (Å²) in [6.45, 7) is 2.19. The summed E-state index contributed by atoms with van der Waals surface area (Å²) in [6, 6.07) is 13.0. The lowest BCUT2D eigenvalue weighted by Gasteiger charge is -2.24. The van der Waals surface area contributed by atoms with E-state index in [1.54, 1.807) is 30.0 Å². The molecule has 2 aromatic rings. The lowest BCUT2D eigenvalue weighted by molar-refractivity contribution is -0.119. The van der Waals surface area contributed by atoms with Crippen molar-refractivity contribution in [2.24, 2.45) is 0 Å². The molecule has 0 bridgehead atoms. The first-order valence-electron chi connectivity index (χ1n) is 9.40. The van der Waals surface area contributed by atoms with Crippen LogP contribution in [-0.4, -0.2) is 53.6 Å². The van der Waals surface area contributed by atoms with Crippen LogP contribution in [0.5, 0.6) is 11.5 Å². The highest BCUT2D eigenvalue weighted by molar-refractivity contribution is 7.99. The molecule has 9 heteroatoms. The molecule has 1 N–H and O–H groups in total. The van der Waals surface area contributed by atoms with Crippen molar-refractivity contribution < 1.29 is 22.7 Å². The third-order valence-corrected chi connectivity index (χ3v) is 6.50. The predicted octanol–water partition coefficient (Wildman–Crippen LogP) is 3.08. The number of methoxy groups -OCH3 is 2. The minimum Gasteiger partial charge on any atom is -0.497 e. The van der Waals surface area contributed by atoms with E-state index in [-0.39, 0.29) is 18.1 Å². The topological polar surface area (TPSA) is 84.9 Å². The summed E-state index contributed by atoms with van der Waals surface area (Å²) in [7, 11) is -0.750. The molecule has 0 aromatic heterocycles. The molecule has 30 heavy (non-hydrogen) atoms. The summed E-state index contributed by atoms with van der Waals surface area (Å²) in [5.41, 5.74) is 1.50. The molecular formula is C21H28N2O5S2. The quantitative estimate of drug-likeness (QED) is 0.417. The zero-order chi connectivity index (χ0) is 22.1. The van der Waals surface area contributed by atoms with Crippen molar-refractivity contribution in [3.63, 3.8) is 0 Å². The molecule has 0 aliphatic carbocycles. The molecule has 1 amide bonds. The Morgan fingerprint density at radius 1 is 1.10 bits per heavy atom. The van der Waals surface area contributed by atoms with Crippen LogP contribution in [0.3, 0.4) is 0 Å². The average Bonchev–Trinajstić information content (AvgIpc) is 2.72. The number of aryl methyl sites for hydroxylation is 1. The number of nitrogens with one attached hydrogen (secondary N) is 1. The maximum Gasteiger partial charge on any atom is 0.240 e. The summed E-state index contributed by atoms with van der Waals surface area (Å²) in [4.78, 5) is 13.6. The highest BCUT2D eigenvalue weighted by Crippen LogP contribution is 2.33. The molecule has 0 saturated carbocycles. The lowest BCUT2D eigenvalue weighted by Crippen LogP contribution is -2.40. The second-order valence-electron chi connectivity index (χ2n) is 6.67. The SMILES string of the molecule is COc1ccc(N(CC(=O)NCCCSc2ccc(C)cc2)S(C)(=O)=O)c(OC)c1. The van der Waals surface area contributed by atoms with Crippen LogP contribution in [0.4, 0.5) is 5.69 Å². The van der Waals surface area contributed by atoms with E-state index in [9.17, 15) is 13.2 Å². The minimum atomic E-state index is -3.69. The Balaban J connectivity index is 1.92. The Morgan fingerprint density at radius 3 is 2.40 bits per heavy atom. The molecule has 2 rings (SSSR count). The number of anilines is 1. The fourth-order valence-corrected chi connectivity index (χ4v) is 4.40. The van der Waals surface area contributed by atoms with Gasteiger partial charge in [0.2, 0.25) is 15.9 Å². The van der Waals surface area contributed by atoms with E-state index in [0.29, 0.717) is 18.0 Å². The van der Waals surface area contributed by atoms with Gasteiger partial charge in [-0.25, -0.2) is 8.42 Å². The van der Waals surface area contributed by atoms with Gasteiger partial charge in [-0.1, -0.05) is 17.7 Å². The number of benzene rings is 2. The van der Waals surface area contributed by atoms with Gasteiger partial charge < -0.3 is 14.8 Å². The van der Waals surface area contributed by atoms with Gasteiger partial charge >= 0.3 is 0 Å². The zero-order valence-corrected chi connectivity index (χ0v) is 19.3. The Bertz CT molecular complexity index is 946. The summed E-state index contributed by atoms with van der Waals surface area (Å²) in [6.07, 6.45) is 1.83. The molecule has 0 heterocycles. The van der Waals surface area contributed by atoms with Gasteiger partial charge in [0.1, 0.15) is 18.0 Å². The lowest BCUT2D eigenvalue weighted by atomic mass is 10.2. The summed E-state index contributed by atoms with van der Waals surface area (Å²) >= 11 is 1.72. The van der Waals surface area contributed by atoms with Gasteiger partial charge in [-0.3, -0.25) is 9.10 Å². The molecule has 164 valence electrons. The van der Waals surface area contributed by atoms with Crippen LogP contribution in [0.15, 0.2) is 47.4 Å². The molecule has 0 spiro atoms. The monoisotopic (exact) mass is 452 g/mol. The Hall–Kier alpha value is -2.39. The van der Waals surface area contributed by atoms with Crippen molar-refractivity contribution in [2.75, 3.05) is 43.6 Å². The van der Waals surface area contributed by atoms with Crippen molar-refractivity contribution in [3.8, 4) is 11.5 Å². The van der Waals surface area contributed by atoms with Crippen LogP contribution < -0.4 is 19.1 Å². The smallest absolute Gasteiger partial charge is 0.240 e. The predicted molar refractivity (Wildman–Crippen MR) is 121 cm³/mol. The Kier molecular flexibility index (Phi) is 8.86. The van der Waals surface area contributed by atoms with Crippen molar-refractivity contribution in [2.45, 2.75) is 18.2 Å². The summed E-state index contributed by atoms with van der Waals surface area (Å²) < 4.78 is 36.1. The Labute approximate surface area is 182 Å². The molecule has 0 aliphatic rings. The molecule has 0 radical (unpaired) electrons. The number of carbonyl (C=O) groups is 1. The van der Waals surface area contributed by atoms with E-state index in [2.05, 4.69) is 29.6 Å². The van der Waals surface area contributed by atoms with Crippen LogP contribution in [-0.2, 0) is 14.8 Å². The first-order valence-corrected chi connectivity index (χ1v) is 12.2. The van der Waals surface area contributed by atoms with Crippen molar-refractivity contribution >= 4 is 33.4 Å². The van der Waals surface area contributed by atoms with Crippen LogP contribution in [0.2, 0.25) is 0 Å². The molecule has 0 unspecified atom stereocenters. The number of hydrogen-bond donors (Lipinski definition) is 1. The fourth-order valence-electron chi connectivity index (χ4n) is 2.68. The first-order chi connectivity index (χ1) is 14.2. The van der Waals surface area contributed by atoms with E-state index >= 15 is 0 Å². The van der Waals surface area contributed by atoms with Crippen molar-refractivity contribution in [3.05, 3.63) is 48.0 Å². The van der Waals surface area contributed by atoms with Gasteiger partial charge in [-0.15, -0.1) is 11.8 Å². The highest BCUT2D eigenvalue weighted by atomic mass is 32.2. The molecule has 2 aromatic carbocycles. The third kappa shape index (κ3) is 7.14. The van der Waals surface area contributed by atoms with Crippen LogP contribution in [0.25, 0.3) is 0 Å². The summed E-state index contributed by atoms with van der Waals surface area (Å²) in [5, 5.41) is 2.79. The molecule has 7 nitrogen and oxygen atoms in total. The standard InChI is InChI=1S/C21H28N2O5S2/c1-16-6-9-18(10-7-16)29-13-5-12-22-21(24)15-23(30(4,25)26)19-11-8-17(27-2)14-20(19)28-3/h6-11,14H,5,12-13,15H2,1-4H3,(H,22,24). The number of thioether (sulfide) groups is 1. The van der Waals surface area contributed by atoms with Crippen LogP contribution >= 0.6 is 11.8 Å². The van der Waals surface area contributed by atoms with E-state index in [1.807, 2.05) is 6.92 Å². The zero-order valence-electron chi connectivity index (χ0n) is 17.7. The first kappa shape index (κ1) is 23.9. The highest BCUT2D eigenvalue weighted by Gasteiger charge is 2.24. The minimum absolute atomic E-state index is 0.283. The van der Waals surface area contributed by atoms with Gasteiger partial charge in [0.15, 0.2) is 0 Å². The Morgan fingerprint density at radius 2 is 1.80 bits per heavy atom. The number of rotatable bonds is 11. The second kappa shape index (κ2) is 11.1. The molecule has 0 fully saturated rings. The second-order valence-corrected chi connectivity index (χ2v) is 9.75. The van der Waals surface area contributed by atoms with E-state index < -0.39 is 10.0 Å². The third-order valence-electron chi connectivity index (χ3n) is 4.28. The molecular weight excluding hydrogens is 424 g/mol. The average molecular weight is 453 g/mol. The van der Waals surface area contributed by atoms with Gasteiger partial charge in [0.25, 0.3) is 0 Å². The fraction of sp³-hybridized carbons (Fsp3) is 0.381. The molecule has 0 aliphatic heterocycles. The van der Waals surface area contributed by atoms with Crippen LogP contribution in [0.1, 0.15) is 12.0 Å². The number of carbonyl (C=O) groups excluding carboxylic acids is 1. The van der Waals surface area contributed by atoms with E-state index in [4.69, 9.17) is 9.47 Å². The number of sulfonamides is 1. The number of hydrogen-bond acceptors (Lipinski definition) is 6. The van der Waals surface area contributed by atoms with Crippen molar-refractivity contribution in [1.82, 2.24) is 5.32 Å². The van der Waals surface area contributed by atoms with Gasteiger partial charge in [0.05, 0.1) is 26.2 Å². The van der Waals surface area contributed by atoms with E-state index in [1.165, 1.54) is 24.7 Å². The maximum atomic E-state index is 12.4. The van der Waals surface area contributed by atoms with E-state index in [0.717, 1.165) is 22.7 Å². The van der Waals surface area contributed by atoms with Crippen molar-refractivity contribution in [1.29, 1.82) is 0 Å². The van der Waals surface area contributed by atoms with Gasteiger partial charge in [0, 0.05) is 17.5 Å². The maximum absolute atomic E-state index is 12.4. The van der Waals surface area contributed by atoms with Crippen LogP contribution in [0, 0.1) is 6.92 Å². The molecule has 0 atom stereocenters. The molecule has 0 saturated heterocycles.